The maximum atomic E-state index is 13.4. The SMILES string of the molecule is Cc1nn(-c2ccccc2)c(Cl)c1C(=O)Nc1ccccc1S(=O)(=O)CC(=O)N1c2ccccc2C[C@H]1C. The summed E-state index contributed by atoms with van der Waals surface area (Å²) in [5.74, 6) is -1.86. The predicted molar refractivity (Wildman–Crippen MR) is 147 cm³/mol. The average molecular weight is 549 g/mol. The van der Waals surface area contributed by atoms with E-state index in [4.69, 9.17) is 11.6 Å². The van der Waals surface area contributed by atoms with Gasteiger partial charge < -0.3 is 10.2 Å². The quantitative estimate of drug-likeness (QED) is 0.371. The number of amides is 2. The van der Waals surface area contributed by atoms with Crippen LogP contribution in [0.25, 0.3) is 5.69 Å². The zero-order valence-corrected chi connectivity index (χ0v) is 22.3. The lowest BCUT2D eigenvalue weighted by Gasteiger charge is -2.23. The van der Waals surface area contributed by atoms with Crippen molar-refractivity contribution in [3.05, 3.63) is 101 Å². The molecule has 1 aliphatic rings. The van der Waals surface area contributed by atoms with Crippen LogP contribution in [0, 0.1) is 6.92 Å². The van der Waals surface area contributed by atoms with Crippen molar-refractivity contribution in [2.24, 2.45) is 0 Å². The monoisotopic (exact) mass is 548 g/mol. The third-order valence-electron chi connectivity index (χ3n) is 6.49. The van der Waals surface area contributed by atoms with Crippen molar-refractivity contribution in [2.45, 2.75) is 31.2 Å². The fourth-order valence-corrected chi connectivity index (χ4v) is 6.50. The molecule has 4 aromatic rings. The second-order valence-corrected chi connectivity index (χ2v) is 11.5. The molecule has 1 atom stereocenters. The number of nitrogens with one attached hydrogen (secondary N) is 1. The molecule has 10 heteroatoms. The number of aromatic nitrogens is 2. The van der Waals surface area contributed by atoms with E-state index in [0.29, 0.717) is 17.8 Å². The van der Waals surface area contributed by atoms with E-state index in [1.54, 1.807) is 31.2 Å². The van der Waals surface area contributed by atoms with Crippen LogP contribution in [0.5, 0.6) is 0 Å². The Bertz CT molecular complexity index is 1650. The Morgan fingerprint density at radius 1 is 1.00 bits per heavy atom. The number of rotatable bonds is 6. The zero-order valence-electron chi connectivity index (χ0n) is 20.8. The van der Waals surface area contributed by atoms with Gasteiger partial charge in [-0.05, 0) is 56.2 Å². The molecule has 8 nitrogen and oxygen atoms in total. The minimum atomic E-state index is -4.10. The lowest BCUT2D eigenvalue weighted by Crippen LogP contribution is -2.39. The van der Waals surface area contributed by atoms with Crippen LogP contribution in [0.3, 0.4) is 0 Å². The number of nitrogens with zero attached hydrogens (tertiary/aromatic N) is 3. The first-order valence-electron chi connectivity index (χ1n) is 12.0. The molecule has 2 amide bonds. The van der Waals surface area contributed by atoms with Gasteiger partial charge >= 0.3 is 0 Å². The highest BCUT2D eigenvalue weighted by Gasteiger charge is 2.34. The van der Waals surface area contributed by atoms with E-state index >= 15 is 0 Å². The number of fused-ring (bicyclic) bond motifs is 1. The van der Waals surface area contributed by atoms with Gasteiger partial charge in [0.2, 0.25) is 5.91 Å². The molecule has 3 aromatic carbocycles. The van der Waals surface area contributed by atoms with Gasteiger partial charge in [-0.1, -0.05) is 60.1 Å². The van der Waals surface area contributed by atoms with Crippen molar-refractivity contribution in [3.63, 3.8) is 0 Å². The molecule has 0 aliphatic carbocycles. The van der Waals surface area contributed by atoms with Crippen LogP contribution in [-0.4, -0.2) is 41.8 Å². The molecule has 5 rings (SSSR count). The second-order valence-electron chi connectivity index (χ2n) is 9.15. The van der Waals surface area contributed by atoms with Crippen LogP contribution in [0.2, 0.25) is 5.15 Å². The minimum Gasteiger partial charge on any atom is -0.321 e. The van der Waals surface area contributed by atoms with E-state index in [-0.39, 0.29) is 27.3 Å². The standard InChI is InChI=1S/C28H25ClN4O4S/c1-18-16-20-10-6-8-14-23(20)32(18)25(34)17-38(36,37)24-15-9-7-13-22(24)30-28(35)26-19(2)31-33(27(26)29)21-11-4-3-5-12-21/h3-15,18H,16-17H2,1-2H3,(H,30,35)/t18-/m1/s1. The maximum absolute atomic E-state index is 13.4. The summed E-state index contributed by atoms with van der Waals surface area (Å²) in [5, 5.41) is 7.14. The van der Waals surface area contributed by atoms with Crippen molar-refractivity contribution in [1.82, 2.24) is 9.78 Å². The molecular weight excluding hydrogens is 524 g/mol. The lowest BCUT2D eigenvalue weighted by atomic mass is 10.1. The van der Waals surface area contributed by atoms with E-state index in [2.05, 4.69) is 10.4 Å². The Morgan fingerprint density at radius 3 is 2.42 bits per heavy atom. The first-order valence-corrected chi connectivity index (χ1v) is 14.0. The summed E-state index contributed by atoms with van der Waals surface area (Å²) < 4.78 is 28.3. The minimum absolute atomic E-state index is 0.0584. The van der Waals surface area contributed by atoms with E-state index in [1.165, 1.54) is 21.7 Å². The summed E-state index contributed by atoms with van der Waals surface area (Å²) in [6.45, 7) is 3.54. The summed E-state index contributed by atoms with van der Waals surface area (Å²) in [6.07, 6.45) is 0.658. The van der Waals surface area contributed by atoms with Crippen molar-refractivity contribution in [3.8, 4) is 5.69 Å². The molecule has 0 radical (unpaired) electrons. The van der Waals surface area contributed by atoms with Crippen molar-refractivity contribution < 1.29 is 18.0 Å². The molecule has 2 heterocycles. The molecule has 0 spiro atoms. The molecule has 0 saturated heterocycles. The number of hydrogen-bond donors (Lipinski definition) is 1. The third-order valence-corrected chi connectivity index (χ3v) is 8.49. The molecule has 0 unspecified atom stereocenters. The maximum Gasteiger partial charge on any atom is 0.260 e. The van der Waals surface area contributed by atoms with E-state index in [0.717, 1.165) is 11.3 Å². The van der Waals surface area contributed by atoms with E-state index < -0.39 is 27.4 Å². The Labute approximate surface area is 225 Å². The third kappa shape index (κ3) is 4.70. The van der Waals surface area contributed by atoms with Gasteiger partial charge in [-0.15, -0.1) is 0 Å². The van der Waals surface area contributed by atoms with Crippen molar-refractivity contribution in [1.29, 1.82) is 0 Å². The Hall–Kier alpha value is -3.95. The molecule has 1 aliphatic heterocycles. The molecule has 194 valence electrons. The number of aryl methyl sites for hydroxylation is 1. The van der Waals surface area contributed by atoms with Crippen molar-refractivity contribution >= 4 is 44.6 Å². The number of hydrogen-bond acceptors (Lipinski definition) is 5. The van der Waals surface area contributed by atoms with Crippen molar-refractivity contribution in [2.75, 3.05) is 16.0 Å². The van der Waals surface area contributed by atoms with Crippen LogP contribution in [0.15, 0.2) is 83.8 Å². The van der Waals surface area contributed by atoms with E-state index in [9.17, 15) is 18.0 Å². The summed E-state index contributed by atoms with van der Waals surface area (Å²) in [6, 6.07) is 22.4. The molecule has 38 heavy (non-hydrogen) atoms. The smallest absolute Gasteiger partial charge is 0.260 e. The summed E-state index contributed by atoms with van der Waals surface area (Å²) >= 11 is 6.52. The number of benzene rings is 3. The Morgan fingerprint density at radius 2 is 1.66 bits per heavy atom. The molecular formula is C28H25ClN4O4S. The molecule has 1 aromatic heterocycles. The average Bonchev–Trinajstić information content (AvgIpc) is 3.39. The van der Waals surface area contributed by atoms with Crippen LogP contribution >= 0.6 is 11.6 Å². The first-order chi connectivity index (χ1) is 18.2. The zero-order chi connectivity index (χ0) is 27.0. The van der Waals surface area contributed by atoms with Crippen LogP contribution < -0.4 is 10.2 Å². The van der Waals surface area contributed by atoms with Crippen LogP contribution in [0.4, 0.5) is 11.4 Å². The topological polar surface area (TPSA) is 101 Å². The molecule has 0 bridgehead atoms. The summed E-state index contributed by atoms with van der Waals surface area (Å²) in [5.41, 5.74) is 2.97. The number of halogens is 1. The highest BCUT2D eigenvalue weighted by Crippen LogP contribution is 2.33. The first kappa shape index (κ1) is 25.7. The second kappa shape index (κ2) is 10.1. The van der Waals surface area contributed by atoms with Gasteiger partial charge in [-0.25, -0.2) is 13.1 Å². The Kier molecular flexibility index (Phi) is 6.81. The number of carbonyl (C=O) groups is 2. The fourth-order valence-electron chi connectivity index (χ4n) is 4.78. The van der Waals surface area contributed by atoms with Gasteiger partial charge in [0.05, 0.1) is 22.0 Å². The highest BCUT2D eigenvalue weighted by molar-refractivity contribution is 7.92. The van der Waals surface area contributed by atoms with E-state index in [1.807, 2.05) is 49.4 Å². The van der Waals surface area contributed by atoms with Gasteiger partial charge in [-0.2, -0.15) is 5.10 Å². The fraction of sp³-hybridized carbons (Fsp3) is 0.179. The molecule has 1 N–H and O–H groups in total. The normalized spacial score (nSPS) is 14.8. The number of carbonyl (C=O) groups excluding carboxylic acids is 2. The van der Waals surface area contributed by atoms with Gasteiger partial charge in [0.15, 0.2) is 9.84 Å². The molecule has 0 saturated carbocycles. The van der Waals surface area contributed by atoms with Gasteiger partial charge in [0.1, 0.15) is 16.5 Å². The summed E-state index contributed by atoms with van der Waals surface area (Å²) in [4.78, 5) is 27.9. The van der Waals surface area contributed by atoms with Gasteiger partial charge in [-0.3, -0.25) is 9.59 Å². The predicted octanol–water partition coefficient (Wildman–Crippen LogP) is 4.84. The summed E-state index contributed by atoms with van der Waals surface area (Å²) in [7, 11) is -4.10. The van der Waals surface area contributed by atoms with Gasteiger partial charge in [0, 0.05) is 11.7 Å². The van der Waals surface area contributed by atoms with Gasteiger partial charge in [0.25, 0.3) is 5.91 Å². The van der Waals surface area contributed by atoms with Crippen LogP contribution in [0.1, 0.15) is 28.5 Å². The number of sulfone groups is 1. The highest BCUT2D eigenvalue weighted by atomic mass is 35.5. The lowest BCUT2D eigenvalue weighted by molar-refractivity contribution is -0.116. The molecule has 0 fully saturated rings. The largest absolute Gasteiger partial charge is 0.321 e. The number of para-hydroxylation sites is 3. The number of anilines is 2. The van der Waals surface area contributed by atoms with Crippen LogP contribution in [-0.2, 0) is 21.1 Å². The Balaban J connectivity index is 1.41.